The summed E-state index contributed by atoms with van der Waals surface area (Å²) in [6.45, 7) is 7.33. The zero-order chi connectivity index (χ0) is 18.0. The number of hydrogen-bond acceptors (Lipinski definition) is 4. The number of carbonyl (C=O) groups excluding carboxylic acids is 1. The number of ether oxygens (including phenoxy) is 2. The predicted molar refractivity (Wildman–Crippen MR) is 98.1 cm³/mol. The minimum atomic E-state index is -0.430. The fraction of sp³-hybridized carbons (Fsp3) is 0.381. The van der Waals surface area contributed by atoms with Crippen molar-refractivity contribution in [3.05, 3.63) is 59.2 Å². The largest absolute Gasteiger partial charge is 0.468 e. The summed E-state index contributed by atoms with van der Waals surface area (Å²) >= 11 is 0. The normalized spacial score (nSPS) is 16.9. The van der Waals surface area contributed by atoms with Crippen LogP contribution in [0, 0.1) is 0 Å². The van der Waals surface area contributed by atoms with Crippen LogP contribution in [0.5, 0.6) is 11.5 Å². The first kappa shape index (κ1) is 17.5. The van der Waals surface area contributed by atoms with Gasteiger partial charge in [-0.1, -0.05) is 39.0 Å². The lowest BCUT2D eigenvalue weighted by atomic mass is 9.87. The van der Waals surface area contributed by atoms with Crippen LogP contribution in [0.15, 0.2) is 42.5 Å². The molecule has 1 unspecified atom stereocenters. The summed E-state index contributed by atoms with van der Waals surface area (Å²) in [6.07, 6.45) is 0.892. The van der Waals surface area contributed by atoms with Crippen molar-refractivity contribution >= 4 is 5.97 Å². The van der Waals surface area contributed by atoms with E-state index in [1.807, 2.05) is 30.3 Å². The topological polar surface area (TPSA) is 47.6 Å². The van der Waals surface area contributed by atoms with Gasteiger partial charge < -0.3 is 14.8 Å². The second-order valence-electron chi connectivity index (χ2n) is 7.40. The molecule has 2 aromatic rings. The summed E-state index contributed by atoms with van der Waals surface area (Å²) < 4.78 is 10.9. The molecule has 1 N–H and O–H groups in total. The third-order valence-corrected chi connectivity index (χ3v) is 4.56. The second-order valence-corrected chi connectivity index (χ2v) is 7.40. The van der Waals surface area contributed by atoms with Crippen LogP contribution in [0.1, 0.15) is 43.5 Å². The minimum absolute atomic E-state index is 0.115. The number of hydrogen-bond donors (Lipinski definition) is 1. The van der Waals surface area contributed by atoms with Gasteiger partial charge in [0.2, 0.25) is 0 Å². The van der Waals surface area contributed by atoms with Crippen LogP contribution in [0.2, 0.25) is 0 Å². The molecule has 0 aromatic heterocycles. The third-order valence-electron chi connectivity index (χ3n) is 4.56. The van der Waals surface area contributed by atoms with Gasteiger partial charge in [0.15, 0.2) is 0 Å². The lowest BCUT2D eigenvalue weighted by molar-refractivity contribution is -0.143. The van der Waals surface area contributed by atoms with Crippen molar-refractivity contribution in [3.8, 4) is 11.5 Å². The molecule has 0 aliphatic carbocycles. The molecule has 132 valence electrons. The molecule has 1 atom stereocenters. The number of benzene rings is 2. The average Bonchev–Trinajstić information content (AvgIpc) is 2.60. The van der Waals surface area contributed by atoms with E-state index in [-0.39, 0.29) is 11.4 Å². The van der Waals surface area contributed by atoms with E-state index in [0.29, 0.717) is 0 Å². The van der Waals surface area contributed by atoms with E-state index >= 15 is 0 Å². The van der Waals surface area contributed by atoms with E-state index in [2.05, 4.69) is 38.2 Å². The first-order valence-corrected chi connectivity index (χ1v) is 8.61. The maximum atomic E-state index is 12.0. The van der Waals surface area contributed by atoms with Crippen LogP contribution < -0.4 is 10.1 Å². The van der Waals surface area contributed by atoms with Crippen molar-refractivity contribution in [1.82, 2.24) is 5.32 Å². The molecule has 3 rings (SSSR count). The minimum Gasteiger partial charge on any atom is -0.468 e. The Hall–Kier alpha value is -2.33. The quantitative estimate of drug-likeness (QED) is 0.854. The predicted octanol–water partition coefficient (Wildman–Crippen LogP) is 4.14. The number of rotatable bonds is 3. The number of carbonyl (C=O) groups is 1. The highest BCUT2D eigenvalue weighted by Gasteiger charge is 2.27. The van der Waals surface area contributed by atoms with Gasteiger partial charge in [0.05, 0.1) is 7.11 Å². The summed E-state index contributed by atoms with van der Waals surface area (Å²) in [6, 6.07) is 13.6. The fourth-order valence-electron chi connectivity index (χ4n) is 3.08. The highest BCUT2D eigenvalue weighted by molar-refractivity contribution is 5.78. The molecular formula is C21H25NO3. The Labute approximate surface area is 149 Å². The molecule has 1 aliphatic heterocycles. The number of fused-ring (bicyclic) bond motifs is 1. The molecule has 1 heterocycles. The van der Waals surface area contributed by atoms with Crippen LogP contribution in [0.3, 0.4) is 0 Å². The van der Waals surface area contributed by atoms with Crippen molar-refractivity contribution in [2.24, 2.45) is 0 Å². The standard InChI is InChI=1S/C21H25NO3/c1-21(2,3)15-6-9-16(10-7-15)25-17-8-5-14-11-12-22-19(18(14)13-17)20(23)24-4/h5-10,13,19,22H,11-12H2,1-4H3. The monoisotopic (exact) mass is 339 g/mol. The second kappa shape index (κ2) is 6.89. The number of methoxy groups -OCH3 is 1. The first-order chi connectivity index (χ1) is 11.9. The van der Waals surface area contributed by atoms with Gasteiger partial charge in [0.1, 0.15) is 17.5 Å². The molecule has 4 heteroatoms. The number of nitrogens with one attached hydrogen (secondary N) is 1. The fourth-order valence-corrected chi connectivity index (χ4v) is 3.08. The van der Waals surface area contributed by atoms with Crippen molar-refractivity contribution in [1.29, 1.82) is 0 Å². The van der Waals surface area contributed by atoms with Gasteiger partial charge in [-0.3, -0.25) is 0 Å². The van der Waals surface area contributed by atoms with Crippen LogP contribution in [-0.2, 0) is 21.4 Å². The summed E-state index contributed by atoms with van der Waals surface area (Å²) in [7, 11) is 1.41. The Morgan fingerprint density at radius 1 is 1.08 bits per heavy atom. The molecule has 0 saturated carbocycles. The van der Waals surface area contributed by atoms with E-state index in [1.54, 1.807) is 0 Å². The van der Waals surface area contributed by atoms with Crippen molar-refractivity contribution in [3.63, 3.8) is 0 Å². The maximum Gasteiger partial charge on any atom is 0.327 e. The van der Waals surface area contributed by atoms with Crippen molar-refractivity contribution < 1.29 is 14.3 Å². The molecule has 0 saturated heterocycles. The van der Waals surface area contributed by atoms with Gasteiger partial charge in [-0.25, -0.2) is 4.79 Å². The van der Waals surface area contributed by atoms with E-state index in [4.69, 9.17) is 9.47 Å². The maximum absolute atomic E-state index is 12.0. The molecule has 2 aromatic carbocycles. The lowest BCUT2D eigenvalue weighted by Gasteiger charge is -2.25. The molecule has 0 fully saturated rings. The van der Waals surface area contributed by atoms with Crippen LogP contribution in [0.4, 0.5) is 0 Å². The van der Waals surface area contributed by atoms with Crippen LogP contribution in [-0.4, -0.2) is 19.6 Å². The van der Waals surface area contributed by atoms with Crippen molar-refractivity contribution in [2.75, 3.05) is 13.7 Å². The van der Waals surface area contributed by atoms with E-state index in [9.17, 15) is 4.79 Å². The molecule has 0 radical (unpaired) electrons. The van der Waals surface area contributed by atoms with Gasteiger partial charge in [-0.05, 0) is 52.8 Å². The zero-order valence-corrected chi connectivity index (χ0v) is 15.3. The van der Waals surface area contributed by atoms with E-state index < -0.39 is 6.04 Å². The Balaban J connectivity index is 1.83. The lowest BCUT2D eigenvalue weighted by Crippen LogP contribution is -2.35. The summed E-state index contributed by atoms with van der Waals surface area (Å²) in [5.41, 5.74) is 3.47. The molecule has 0 amide bonds. The number of esters is 1. The Bertz CT molecular complexity index is 760. The van der Waals surface area contributed by atoms with Crippen molar-refractivity contribution in [2.45, 2.75) is 38.6 Å². The molecule has 4 nitrogen and oxygen atoms in total. The Kier molecular flexibility index (Phi) is 4.82. The smallest absolute Gasteiger partial charge is 0.327 e. The molecular weight excluding hydrogens is 314 g/mol. The van der Waals surface area contributed by atoms with Gasteiger partial charge >= 0.3 is 5.97 Å². The molecule has 0 spiro atoms. The third kappa shape index (κ3) is 3.85. The average molecular weight is 339 g/mol. The Morgan fingerprint density at radius 2 is 1.76 bits per heavy atom. The summed E-state index contributed by atoms with van der Waals surface area (Å²) in [5.74, 6) is 1.24. The van der Waals surface area contributed by atoms with Gasteiger partial charge in [-0.2, -0.15) is 0 Å². The molecule has 0 bridgehead atoms. The zero-order valence-electron chi connectivity index (χ0n) is 15.3. The first-order valence-electron chi connectivity index (χ1n) is 8.61. The van der Waals surface area contributed by atoms with Gasteiger partial charge in [0, 0.05) is 6.54 Å². The van der Waals surface area contributed by atoms with E-state index in [1.165, 1.54) is 12.7 Å². The Morgan fingerprint density at radius 3 is 2.40 bits per heavy atom. The van der Waals surface area contributed by atoms with Gasteiger partial charge in [0.25, 0.3) is 0 Å². The summed E-state index contributed by atoms with van der Waals surface area (Å²) in [4.78, 5) is 12.0. The SMILES string of the molecule is COC(=O)C1NCCc2ccc(Oc3ccc(C(C)(C)C)cc3)cc21. The van der Waals surface area contributed by atoms with E-state index in [0.717, 1.165) is 35.6 Å². The molecule has 25 heavy (non-hydrogen) atoms. The van der Waals surface area contributed by atoms with Gasteiger partial charge in [-0.15, -0.1) is 0 Å². The van der Waals surface area contributed by atoms with Crippen LogP contribution in [0.25, 0.3) is 0 Å². The molecule has 1 aliphatic rings. The van der Waals surface area contributed by atoms with Crippen LogP contribution >= 0.6 is 0 Å². The highest BCUT2D eigenvalue weighted by atomic mass is 16.5. The summed E-state index contributed by atoms with van der Waals surface area (Å²) in [5, 5.41) is 3.21. The highest BCUT2D eigenvalue weighted by Crippen LogP contribution is 2.31.